The molecule has 0 spiro atoms. The van der Waals surface area contributed by atoms with Crippen molar-refractivity contribution in [2.75, 3.05) is 33.3 Å². The molecule has 0 aromatic heterocycles. The summed E-state index contributed by atoms with van der Waals surface area (Å²) in [5.74, 6) is -0.378. The fraction of sp³-hybridized carbons (Fsp3) is 0.500. The minimum Gasteiger partial charge on any atom is -0.463 e. The highest BCUT2D eigenvalue weighted by Crippen LogP contribution is 2.32. The van der Waals surface area contributed by atoms with Gasteiger partial charge in [-0.25, -0.2) is 9.59 Å². The molecule has 1 N–H and O–H groups in total. The van der Waals surface area contributed by atoms with Crippen LogP contribution in [0.5, 0.6) is 0 Å². The smallest absolute Gasteiger partial charge is 0.338 e. The van der Waals surface area contributed by atoms with Crippen LogP contribution in [0.15, 0.2) is 35.5 Å². The molecule has 1 aromatic rings. The Kier molecular flexibility index (Phi) is 6.80. The molecule has 0 radical (unpaired) electrons. The molecule has 1 aromatic carbocycles. The summed E-state index contributed by atoms with van der Waals surface area (Å²) in [6.45, 7) is 9.83. The van der Waals surface area contributed by atoms with Gasteiger partial charge < -0.3 is 15.0 Å². The maximum atomic E-state index is 12.8. The van der Waals surface area contributed by atoms with Crippen LogP contribution < -0.4 is 5.32 Å². The predicted molar refractivity (Wildman–Crippen MR) is 102 cm³/mol. The van der Waals surface area contributed by atoms with Gasteiger partial charge in [0.15, 0.2) is 0 Å². The van der Waals surface area contributed by atoms with Crippen molar-refractivity contribution < 1.29 is 14.3 Å². The Balaban J connectivity index is 2.62. The quantitative estimate of drug-likeness (QED) is 0.761. The highest BCUT2D eigenvalue weighted by atomic mass is 16.5. The summed E-state index contributed by atoms with van der Waals surface area (Å²) in [6.07, 6.45) is 0. The van der Waals surface area contributed by atoms with Crippen LogP contribution in [0.4, 0.5) is 4.79 Å². The Morgan fingerprint density at radius 1 is 1.31 bits per heavy atom. The zero-order valence-electron chi connectivity index (χ0n) is 16.3. The van der Waals surface area contributed by atoms with Gasteiger partial charge in [-0.05, 0) is 39.9 Å². The molecular formula is C20H29N3O3. The monoisotopic (exact) mass is 359 g/mol. The maximum absolute atomic E-state index is 12.8. The summed E-state index contributed by atoms with van der Waals surface area (Å²) < 4.78 is 5.34. The molecule has 26 heavy (non-hydrogen) atoms. The number of nitrogens with zero attached hydrogens (tertiary/aromatic N) is 2. The van der Waals surface area contributed by atoms with Gasteiger partial charge >= 0.3 is 12.0 Å². The summed E-state index contributed by atoms with van der Waals surface area (Å²) in [6, 6.07) is 7.15. The molecule has 0 aliphatic carbocycles. The van der Waals surface area contributed by atoms with Crippen molar-refractivity contribution in [3.8, 4) is 0 Å². The van der Waals surface area contributed by atoms with E-state index in [4.69, 9.17) is 4.74 Å². The van der Waals surface area contributed by atoms with Crippen LogP contribution in [0.25, 0.3) is 0 Å². The van der Waals surface area contributed by atoms with Crippen LogP contribution in [0.3, 0.4) is 0 Å². The molecule has 142 valence electrons. The van der Waals surface area contributed by atoms with Crippen molar-refractivity contribution in [3.05, 3.63) is 46.7 Å². The van der Waals surface area contributed by atoms with Crippen molar-refractivity contribution in [2.24, 2.45) is 0 Å². The Labute approximate surface area is 155 Å². The second kappa shape index (κ2) is 8.85. The third-order valence-electron chi connectivity index (χ3n) is 4.58. The first-order valence-corrected chi connectivity index (χ1v) is 9.16. The first kappa shape index (κ1) is 20.0. The number of urea groups is 1. The summed E-state index contributed by atoms with van der Waals surface area (Å²) >= 11 is 0. The standard InChI is InChI=1S/C20H29N3O3/c1-6-22(5)13-16-17(19(24)26-8-3)18(21-20(25)23(16)7-2)15-11-9-10-14(4)12-15/h9-12,18H,6-8,13H2,1-5H3,(H,21,25). The van der Waals surface area contributed by atoms with E-state index >= 15 is 0 Å². The van der Waals surface area contributed by atoms with Gasteiger partial charge in [-0.2, -0.15) is 0 Å². The number of benzene rings is 1. The second-order valence-corrected chi connectivity index (χ2v) is 6.45. The topological polar surface area (TPSA) is 61.9 Å². The van der Waals surface area contributed by atoms with E-state index in [0.717, 1.165) is 17.7 Å². The number of amides is 2. The third kappa shape index (κ3) is 4.25. The molecule has 0 bridgehead atoms. The van der Waals surface area contributed by atoms with Gasteiger partial charge in [0.05, 0.1) is 18.2 Å². The van der Waals surface area contributed by atoms with Crippen LogP contribution >= 0.6 is 0 Å². The van der Waals surface area contributed by atoms with Gasteiger partial charge in [0.25, 0.3) is 0 Å². The van der Waals surface area contributed by atoms with Gasteiger partial charge in [-0.15, -0.1) is 0 Å². The number of hydrogen-bond acceptors (Lipinski definition) is 4. The van der Waals surface area contributed by atoms with Gasteiger partial charge in [-0.3, -0.25) is 4.90 Å². The summed E-state index contributed by atoms with van der Waals surface area (Å²) in [5.41, 5.74) is 3.18. The van der Waals surface area contributed by atoms with Crippen molar-refractivity contribution in [1.82, 2.24) is 15.1 Å². The average Bonchev–Trinajstić information content (AvgIpc) is 2.61. The molecule has 0 saturated heterocycles. The van der Waals surface area contributed by atoms with Crippen LogP contribution in [-0.4, -0.2) is 55.1 Å². The SMILES string of the molecule is CCOC(=O)C1=C(CN(C)CC)N(CC)C(=O)NC1c1cccc(C)c1. The minimum absolute atomic E-state index is 0.188. The lowest BCUT2D eigenvalue weighted by Crippen LogP contribution is -2.50. The Morgan fingerprint density at radius 3 is 2.62 bits per heavy atom. The number of esters is 1. The van der Waals surface area contributed by atoms with Gasteiger partial charge in [0.2, 0.25) is 0 Å². The van der Waals surface area contributed by atoms with E-state index in [1.807, 2.05) is 52.1 Å². The van der Waals surface area contributed by atoms with Crippen LogP contribution in [0.2, 0.25) is 0 Å². The molecular weight excluding hydrogens is 330 g/mol. The fourth-order valence-corrected chi connectivity index (χ4v) is 3.12. The van der Waals surface area contributed by atoms with Crippen LogP contribution in [-0.2, 0) is 9.53 Å². The largest absolute Gasteiger partial charge is 0.463 e. The number of rotatable bonds is 7. The number of likely N-dealkylation sites (N-methyl/N-ethyl adjacent to an activating group) is 2. The minimum atomic E-state index is -0.510. The van der Waals surface area contributed by atoms with E-state index in [1.165, 1.54) is 0 Å². The Morgan fingerprint density at radius 2 is 2.04 bits per heavy atom. The zero-order chi connectivity index (χ0) is 19.3. The van der Waals surface area contributed by atoms with Crippen molar-refractivity contribution in [3.63, 3.8) is 0 Å². The summed E-state index contributed by atoms with van der Waals surface area (Å²) in [4.78, 5) is 29.3. The highest BCUT2D eigenvalue weighted by Gasteiger charge is 2.37. The predicted octanol–water partition coefficient (Wildman–Crippen LogP) is 2.85. The highest BCUT2D eigenvalue weighted by molar-refractivity contribution is 5.95. The number of carbonyl (C=O) groups excluding carboxylic acids is 2. The Hall–Kier alpha value is -2.34. The second-order valence-electron chi connectivity index (χ2n) is 6.45. The summed E-state index contributed by atoms with van der Waals surface area (Å²) in [7, 11) is 1.97. The van der Waals surface area contributed by atoms with E-state index in [2.05, 4.69) is 10.2 Å². The Bertz CT molecular complexity index is 699. The number of carbonyl (C=O) groups is 2. The van der Waals surface area contributed by atoms with Crippen molar-refractivity contribution >= 4 is 12.0 Å². The van der Waals surface area contributed by atoms with Gasteiger partial charge in [-0.1, -0.05) is 36.8 Å². The van der Waals surface area contributed by atoms with Crippen LogP contribution in [0.1, 0.15) is 37.9 Å². The first-order valence-electron chi connectivity index (χ1n) is 9.16. The van der Waals surface area contributed by atoms with Crippen molar-refractivity contribution in [1.29, 1.82) is 0 Å². The van der Waals surface area contributed by atoms with Gasteiger partial charge in [0.1, 0.15) is 0 Å². The van der Waals surface area contributed by atoms with Crippen molar-refractivity contribution in [2.45, 2.75) is 33.7 Å². The molecule has 6 heteroatoms. The molecule has 2 rings (SSSR count). The molecule has 1 atom stereocenters. The molecule has 1 unspecified atom stereocenters. The normalized spacial score (nSPS) is 17.5. The van der Waals surface area contributed by atoms with Gasteiger partial charge in [0, 0.05) is 18.8 Å². The lowest BCUT2D eigenvalue weighted by molar-refractivity contribution is -0.139. The molecule has 2 amide bonds. The van der Waals surface area contributed by atoms with E-state index in [1.54, 1.807) is 11.8 Å². The van der Waals surface area contributed by atoms with E-state index in [0.29, 0.717) is 31.0 Å². The number of hydrogen-bond donors (Lipinski definition) is 1. The van der Waals surface area contributed by atoms with E-state index in [9.17, 15) is 9.59 Å². The molecule has 1 aliphatic heterocycles. The number of aryl methyl sites for hydroxylation is 1. The lowest BCUT2D eigenvalue weighted by Gasteiger charge is -2.37. The molecule has 6 nitrogen and oxygen atoms in total. The third-order valence-corrected chi connectivity index (χ3v) is 4.58. The molecule has 1 heterocycles. The number of ether oxygens (including phenoxy) is 1. The first-order chi connectivity index (χ1) is 12.4. The fourth-order valence-electron chi connectivity index (χ4n) is 3.12. The molecule has 0 fully saturated rings. The zero-order valence-corrected chi connectivity index (χ0v) is 16.3. The summed E-state index contributed by atoms with van der Waals surface area (Å²) in [5, 5.41) is 2.98. The average molecular weight is 359 g/mol. The number of nitrogens with one attached hydrogen (secondary N) is 1. The molecule has 0 saturated carbocycles. The molecule has 1 aliphatic rings. The van der Waals surface area contributed by atoms with Crippen LogP contribution in [0, 0.1) is 6.92 Å². The van der Waals surface area contributed by atoms with E-state index in [-0.39, 0.29) is 12.0 Å². The van der Waals surface area contributed by atoms with E-state index < -0.39 is 6.04 Å². The maximum Gasteiger partial charge on any atom is 0.338 e. The lowest BCUT2D eigenvalue weighted by atomic mass is 9.93.